The van der Waals surface area contributed by atoms with Gasteiger partial charge in [0.25, 0.3) is 5.91 Å². The first-order valence-corrected chi connectivity index (χ1v) is 10.4. The molecular weight excluding hydrogens is 404 g/mol. The molecule has 1 aromatic heterocycles. The van der Waals surface area contributed by atoms with Gasteiger partial charge in [0, 0.05) is 12.3 Å². The van der Waals surface area contributed by atoms with Gasteiger partial charge < -0.3 is 10.1 Å². The summed E-state index contributed by atoms with van der Waals surface area (Å²) in [5.41, 5.74) is -0.557. The summed E-state index contributed by atoms with van der Waals surface area (Å²) in [6.07, 6.45) is 6.07. The van der Waals surface area contributed by atoms with E-state index in [9.17, 15) is 18.4 Å². The van der Waals surface area contributed by atoms with Crippen LogP contribution in [-0.2, 0) is 0 Å². The zero-order valence-corrected chi connectivity index (χ0v) is 17.8. The van der Waals surface area contributed by atoms with E-state index in [1.165, 1.54) is 6.20 Å². The minimum atomic E-state index is -1.18. The summed E-state index contributed by atoms with van der Waals surface area (Å²) in [4.78, 5) is 28.5. The van der Waals surface area contributed by atoms with E-state index in [-0.39, 0.29) is 11.8 Å². The maximum atomic E-state index is 13.8. The van der Waals surface area contributed by atoms with Crippen molar-refractivity contribution in [2.75, 3.05) is 5.32 Å². The predicted octanol–water partition coefficient (Wildman–Crippen LogP) is 5.16. The molecule has 1 aliphatic rings. The van der Waals surface area contributed by atoms with Crippen LogP contribution in [0.5, 0.6) is 5.75 Å². The van der Waals surface area contributed by atoms with Gasteiger partial charge in [0.2, 0.25) is 0 Å². The third-order valence-corrected chi connectivity index (χ3v) is 5.69. The molecule has 0 saturated heterocycles. The minimum Gasteiger partial charge on any atom is -0.488 e. The summed E-state index contributed by atoms with van der Waals surface area (Å²) in [5.74, 6) is -1.48. The van der Waals surface area contributed by atoms with E-state index in [0.29, 0.717) is 23.5 Å². The number of imide groups is 1. The fraction of sp³-hybridized carbons (Fsp3) is 0.435. The van der Waals surface area contributed by atoms with Crippen molar-refractivity contribution in [3.8, 4) is 5.75 Å². The van der Waals surface area contributed by atoms with Crippen LogP contribution < -0.4 is 15.4 Å². The van der Waals surface area contributed by atoms with Gasteiger partial charge in [-0.2, -0.15) is 0 Å². The van der Waals surface area contributed by atoms with E-state index < -0.39 is 29.1 Å². The molecule has 0 bridgehead atoms. The van der Waals surface area contributed by atoms with E-state index >= 15 is 0 Å². The molecule has 1 heterocycles. The molecule has 3 rings (SSSR count). The number of carbonyl (C=O) groups excluding carboxylic acids is 2. The van der Waals surface area contributed by atoms with Gasteiger partial charge in [-0.3, -0.25) is 15.1 Å². The summed E-state index contributed by atoms with van der Waals surface area (Å²) in [7, 11) is 0. The van der Waals surface area contributed by atoms with Gasteiger partial charge in [-0.25, -0.2) is 13.6 Å². The number of nitrogens with one attached hydrogen (secondary N) is 2. The van der Waals surface area contributed by atoms with Crippen molar-refractivity contribution in [2.45, 2.75) is 46.1 Å². The number of pyridine rings is 1. The van der Waals surface area contributed by atoms with Crippen molar-refractivity contribution in [2.24, 2.45) is 17.8 Å². The van der Waals surface area contributed by atoms with Crippen molar-refractivity contribution in [1.82, 2.24) is 10.3 Å². The van der Waals surface area contributed by atoms with Crippen LogP contribution in [0.1, 0.15) is 50.4 Å². The van der Waals surface area contributed by atoms with Crippen LogP contribution in [0.15, 0.2) is 36.7 Å². The van der Waals surface area contributed by atoms with Crippen molar-refractivity contribution >= 4 is 17.6 Å². The molecule has 1 fully saturated rings. The molecule has 3 atom stereocenters. The van der Waals surface area contributed by atoms with Crippen molar-refractivity contribution in [3.05, 3.63) is 53.9 Å². The minimum absolute atomic E-state index is 0.0103. The Balaban J connectivity index is 1.71. The first-order valence-electron chi connectivity index (χ1n) is 10.4. The maximum absolute atomic E-state index is 13.8. The number of aromatic nitrogens is 1. The fourth-order valence-electron chi connectivity index (χ4n) is 4.03. The molecule has 31 heavy (non-hydrogen) atoms. The number of hydrogen-bond acceptors (Lipinski definition) is 4. The van der Waals surface area contributed by atoms with Gasteiger partial charge in [-0.05, 0) is 42.7 Å². The second-order valence-electron chi connectivity index (χ2n) is 8.36. The second kappa shape index (κ2) is 9.85. The Bertz CT molecular complexity index is 931. The Hall–Kier alpha value is -3.03. The van der Waals surface area contributed by atoms with Crippen LogP contribution in [0.3, 0.4) is 0 Å². The van der Waals surface area contributed by atoms with E-state index in [0.717, 1.165) is 37.5 Å². The molecule has 0 radical (unpaired) electrons. The number of rotatable bonds is 5. The third-order valence-electron chi connectivity index (χ3n) is 5.69. The van der Waals surface area contributed by atoms with Crippen molar-refractivity contribution in [1.29, 1.82) is 0 Å². The monoisotopic (exact) mass is 431 g/mol. The van der Waals surface area contributed by atoms with E-state index in [1.807, 2.05) is 5.32 Å². The summed E-state index contributed by atoms with van der Waals surface area (Å²) < 4.78 is 33.8. The molecule has 2 aromatic rings. The summed E-state index contributed by atoms with van der Waals surface area (Å²) in [6, 6.07) is 3.73. The molecule has 0 spiro atoms. The van der Waals surface area contributed by atoms with E-state index in [2.05, 4.69) is 31.1 Å². The van der Waals surface area contributed by atoms with Crippen molar-refractivity contribution < 1.29 is 23.1 Å². The molecule has 166 valence electrons. The molecular formula is C23H27F2N3O3. The highest BCUT2D eigenvalue weighted by atomic mass is 19.1. The van der Waals surface area contributed by atoms with Gasteiger partial charge in [0.05, 0.1) is 6.20 Å². The van der Waals surface area contributed by atoms with Crippen LogP contribution in [0, 0.1) is 29.4 Å². The van der Waals surface area contributed by atoms with Crippen molar-refractivity contribution in [3.63, 3.8) is 0 Å². The lowest BCUT2D eigenvalue weighted by Crippen LogP contribution is -2.37. The second-order valence-corrected chi connectivity index (χ2v) is 8.36. The molecule has 3 amide bonds. The van der Waals surface area contributed by atoms with Gasteiger partial charge >= 0.3 is 6.03 Å². The number of anilines is 1. The lowest BCUT2D eigenvalue weighted by atomic mass is 9.75. The number of urea groups is 1. The number of halogens is 2. The van der Waals surface area contributed by atoms with Gasteiger partial charge in [-0.1, -0.05) is 33.3 Å². The zero-order valence-electron chi connectivity index (χ0n) is 17.8. The molecule has 0 aliphatic heterocycles. The first-order chi connectivity index (χ1) is 14.8. The van der Waals surface area contributed by atoms with Crippen LogP contribution in [0.25, 0.3) is 0 Å². The Morgan fingerprint density at radius 3 is 2.55 bits per heavy atom. The highest BCUT2D eigenvalue weighted by Gasteiger charge is 2.32. The lowest BCUT2D eigenvalue weighted by molar-refractivity contribution is 0.0465. The molecule has 2 N–H and O–H groups in total. The average molecular weight is 431 g/mol. The molecule has 8 heteroatoms. The van der Waals surface area contributed by atoms with Gasteiger partial charge in [0.1, 0.15) is 34.7 Å². The highest BCUT2D eigenvalue weighted by molar-refractivity contribution is 6.08. The summed E-state index contributed by atoms with van der Waals surface area (Å²) >= 11 is 0. The topological polar surface area (TPSA) is 80.3 Å². The van der Waals surface area contributed by atoms with Crippen LogP contribution in [-0.4, -0.2) is 23.0 Å². The summed E-state index contributed by atoms with van der Waals surface area (Å²) in [6.45, 7) is 6.53. The normalized spacial score (nSPS) is 20.9. The van der Waals surface area contributed by atoms with Crippen LogP contribution in [0.4, 0.5) is 19.3 Å². The number of hydrogen-bond donors (Lipinski definition) is 2. The number of benzene rings is 1. The number of ether oxygens (including phenoxy) is 1. The fourth-order valence-corrected chi connectivity index (χ4v) is 4.03. The quantitative estimate of drug-likeness (QED) is 0.685. The zero-order chi connectivity index (χ0) is 22.5. The maximum Gasteiger partial charge on any atom is 0.326 e. The van der Waals surface area contributed by atoms with Crippen LogP contribution >= 0.6 is 0 Å². The van der Waals surface area contributed by atoms with Gasteiger partial charge in [0.15, 0.2) is 0 Å². The Labute approximate surface area is 180 Å². The predicted molar refractivity (Wildman–Crippen MR) is 113 cm³/mol. The lowest BCUT2D eigenvalue weighted by Gasteiger charge is -2.37. The molecule has 1 aromatic carbocycles. The molecule has 1 aliphatic carbocycles. The Morgan fingerprint density at radius 2 is 1.87 bits per heavy atom. The molecule has 1 saturated carbocycles. The standard InChI is InChI=1S/C23H27F2N3O3/c1-13(2)15-8-7-14(3)11-20(15)31-19-9-10-26-12-18(19)27-23(30)28-22(29)21-16(24)5-4-6-17(21)25/h4-6,9-10,12-15,20H,7-8,11H2,1-3H3,(H2,27,28,29,30)/t14-,15+,20-/m0/s1. The molecule has 6 nitrogen and oxygen atoms in total. The highest BCUT2D eigenvalue weighted by Crippen LogP contribution is 2.37. The third kappa shape index (κ3) is 5.57. The Morgan fingerprint density at radius 1 is 1.16 bits per heavy atom. The first kappa shape index (κ1) is 22.7. The van der Waals surface area contributed by atoms with Crippen LogP contribution in [0.2, 0.25) is 0 Å². The van der Waals surface area contributed by atoms with E-state index in [1.54, 1.807) is 12.3 Å². The number of nitrogens with zero attached hydrogens (tertiary/aromatic N) is 1. The van der Waals surface area contributed by atoms with Gasteiger partial charge in [-0.15, -0.1) is 0 Å². The smallest absolute Gasteiger partial charge is 0.326 e. The number of carbonyl (C=O) groups is 2. The van der Waals surface area contributed by atoms with E-state index in [4.69, 9.17) is 4.74 Å². The SMILES string of the molecule is CC(C)[C@H]1CC[C@H](C)C[C@@H]1Oc1ccncc1NC(=O)NC(=O)c1c(F)cccc1F. The summed E-state index contributed by atoms with van der Waals surface area (Å²) in [5, 5.41) is 4.43. The Kier molecular flexibility index (Phi) is 7.20. The molecule has 0 unspecified atom stereocenters. The average Bonchev–Trinajstić information content (AvgIpc) is 2.69. The largest absolute Gasteiger partial charge is 0.488 e. The number of amides is 3.